The summed E-state index contributed by atoms with van der Waals surface area (Å²) < 4.78 is 0. The Morgan fingerprint density at radius 3 is 1.82 bits per heavy atom. The lowest BCUT2D eigenvalue weighted by Crippen LogP contribution is -1.90. The predicted molar refractivity (Wildman–Crippen MR) is 205 cm³/mol. The first-order chi connectivity index (χ1) is 24.7. The van der Waals surface area contributed by atoms with Gasteiger partial charge in [-0.15, -0.1) is 0 Å². The Morgan fingerprint density at radius 2 is 1.02 bits per heavy atom. The van der Waals surface area contributed by atoms with E-state index in [9.17, 15) is 0 Å². The fourth-order valence-corrected chi connectivity index (χ4v) is 7.09. The molecule has 5 heteroatoms. The lowest BCUT2D eigenvalue weighted by atomic mass is 9.96. The van der Waals surface area contributed by atoms with Crippen molar-refractivity contribution in [2.24, 2.45) is 0 Å². The van der Waals surface area contributed by atoms with Crippen molar-refractivity contribution in [2.75, 3.05) is 0 Å². The molecule has 10 rings (SSSR count). The SMILES string of the molecule is c1cc(-c2ccc3cc(-c4ccc5nc(-c6ccc(-c7cc8cccnc8c8ncccc78)cc6)ccc5c4)ccc3n2)c2cnccc2c1. The highest BCUT2D eigenvalue weighted by atomic mass is 14.7. The summed E-state index contributed by atoms with van der Waals surface area (Å²) in [5.74, 6) is 0. The van der Waals surface area contributed by atoms with Gasteiger partial charge in [-0.25, -0.2) is 9.97 Å². The Morgan fingerprint density at radius 1 is 0.360 bits per heavy atom. The molecule has 5 aromatic carbocycles. The highest BCUT2D eigenvalue weighted by molar-refractivity contribution is 6.10. The average Bonchev–Trinajstić information content (AvgIpc) is 3.19. The molecular formula is C45H27N5. The summed E-state index contributed by atoms with van der Waals surface area (Å²) in [6.45, 7) is 0. The van der Waals surface area contributed by atoms with Crippen LogP contribution in [0.15, 0.2) is 164 Å². The fourth-order valence-electron chi connectivity index (χ4n) is 7.09. The van der Waals surface area contributed by atoms with Crippen molar-refractivity contribution in [1.29, 1.82) is 0 Å². The van der Waals surface area contributed by atoms with Crippen LogP contribution in [0.5, 0.6) is 0 Å². The maximum absolute atomic E-state index is 5.05. The van der Waals surface area contributed by atoms with Crippen LogP contribution in [-0.2, 0) is 0 Å². The van der Waals surface area contributed by atoms with Crippen molar-refractivity contribution in [3.8, 4) is 44.8 Å². The molecule has 0 saturated heterocycles. The van der Waals surface area contributed by atoms with Crippen LogP contribution in [-0.4, -0.2) is 24.9 Å². The first-order valence-electron chi connectivity index (χ1n) is 16.6. The van der Waals surface area contributed by atoms with Gasteiger partial charge in [0.2, 0.25) is 0 Å². The minimum absolute atomic E-state index is 0.921. The van der Waals surface area contributed by atoms with Gasteiger partial charge in [0.05, 0.1) is 33.5 Å². The van der Waals surface area contributed by atoms with Gasteiger partial charge in [-0.05, 0) is 88.3 Å². The highest BCUT2D eigenvalue weighted by Gasteiger charge is 2.12. The van der Waals surface area contributed by atoms with E-state index in [1.807, 2.05) is 43.0 Å². The second kappa shape index (κ2) is 11.4. The third kappa shape index (κ3) is 4.75. The van der Waals surface area contributed by atoms with Crippen LogP contribution in [0.2, 0.25) is 0 Å². The first kappa shape index (κ1) is 28.2. The van der Waals surface area contributed by atoms with Crippen molar-refractivity contribution in [1.82, 2.24) is 24.9 Å². The minimum Gasteiger partial charge on any atom is -0.264 e. The minimum atomic E-state index is 0.921. The average molecular weight is 638 g/mol. The topological polar surface area (TPSA) is 64.5 Å². The van der Waals surface area contributed by atoms with E-state index in [0.29, 0.717) is 0 Å². The molecule has 5 aromatic heterocycles. The molecule has 0 atom stereocenters. The molecule has 0 fully saturated rings. The normalized spacial score (nSPS) is 11.6. The lowest BCUT2D eigenvalue weighted by molar-refractivity contribution is 1.35. The standard InChI is InChI=1S/C45H27N5/c1-4-28-20-23-46-27-39(28)36(6-1)43-19-15-34-25-32(13-17-42(34)50-43)31-12-16-41-33(24-31)14-18-40(49-41)30-10-8-29(9-11-30)38-26-35-5-2-21-47-44(35)45-37(38)7-3-22-48-45/h1-27H. The molecular weight excluding hydrogens is 611 g/mol. The monoisotopic (exact) mass is 637 g/mol. The maximum Gasteiger partial charge on any atom is 0.0970 e. The number of aromatic nitrogens is 5. The molecule has 0 bridgehead atoms. The molecule has 5 heterocycles. The van der Waals surface area contributed by atoms with E-state index in [1.165, 1.54) is 0 Å². The smallest absolute Gasteiger partial charge is 0.0970 e. The van der Waals surface area contributed by atoms with E-state index in [2.05, 4.69) is 136 Å². The van der Waals surface area contributed by atoms with Crippen LogP contribution < -0.4 is 0 Å². The number of benzene rings is 5. The summed E-state index contributed by atoms with van der Waals surface area (Å²) >= 11 is 0. The molecule has 0 radical (unpaired) electrons. The van der Waals surface area contributed by atoms with Gasteiger partial charge in [0.1, 0.15) is 0 Å². The van der Waals surface area contributed by atoms with E-state index < -0.39 is 0 Å². The lowest BCUT2D eigenvalue weighted by Gasteiger charge is -2.11. The summed E-state index contributed by atoms with van der Waals surface area (Å²) in [7, 11) is 0. The van der Waals surface area contributed by atoms with Crippen molar-refractivity contribution < 1.29 is 0 Å². The van der Waals surface area contributed by atoms with E-state index in [0.717, 1.165) is 99.2 Å². The van der Waals surface area contributed by atoms with E-state index in [4.69, 9.17) is 9.97 Å². The number of rotatable bonds is 4. The van der Waals surface area contributed by atoms with Crippen LogP contribution in [0, 0.1) is 0 Å². The summed E-state index contributed by atoms with van der Waals surface area (Å²) in [5, 5.41) is 6.65. The molecule has 50 heavy (non-hydrogen) atoms. The zero-order chi connectivity index (χ0) is 33.0. The van der Waals surface area contributed by atoms with Gasteiger partial charge >= 0.3 is 0 Å². The van der Waals surface area contributed by atoms with E-state index in [1.54, 1.807) is 0 Å². The van der Waals surface area contributed by atoms with Gasteiger partial charge in [0.25, 0.3) is 0 Å². The number of fused-ring (bicyclic) bond motifs is 6. The van der Waals surface area contributed by atoms with Gasteiger partial charge in [0, 0.05) is 62.8 Å². The number of pyridine rings is 5. The Kier molecular flexibility index (Phi) is 6.42. The quantitative estimate of drug-likeness (QED) is 0.180. The van der Waals surface area contributed by atoms with Crippen LogP contribution in [0.3, 0.4) is 0 Å². The third-order valence-electron chi connectivity index (χ3n) is 9.62. The third-order valence-corrected chi connectivity index (χ3v) is 9.62. The van der Waals surface area contributed by atoms with Gasteiger partial charge in [-0.2, -0.15) is 0 Å². The second-order valence-corrected chi connectivity index (χ2v) is 12.6. The molecule has 0 amide bonds. The molecule has 0 N–H and O–H groups in total. The van der Waals surface area contributed by atoms with E-state index >= 15 is 0 Å². The Labute approximate surface area is 287 Å². The molecule has 0 spiro atoms. The van der Waals surface area contributed by atoms with Crippen LogP contribution in [0.1, 0.15) is 0 Å². The maximum atomic E-state index is 5.05. The molecule has 0 aliphatic rings. The zero-order valence-electron chi connectivity index (χ0n) is 26.8. The van der Waals surface area contributed by atoms with Gasteiger partial charge in [-0.3, -0.25) is 15.0 Å². The summed E-state index contributed by atoms with van der Waals surface area (Å²) in [6, 6.07) is 48.9. The van der Waals surface area contributed by atoms with Gasteiger partial charge in [0.15, 0.2) is 0 Å². The second-order valence-electron chi connectivity index (χ2n) is 12.6. The number of hydrogen-bond acceptors (Lipinski definition) is 5. The van der Waals surface area contributed by atoms with Gasteiger partial charge in [-0.1, -0.05) is 78.9 Å². The molecule has 232 valence electrons. The number of hydrogen-bond donors (Lipinski definition) is 0. The summed E-state index contributed by atoms with van der Waals surface area (Å²) in [5.41, 5.74) is 12.4. The fraction of sp³-hybridized carbons (Fsp3) is 0. The largest absolute Gasteiger partial charge is 0.264 e. The van der Waals surface area contributed by atoms with Crippen molar-refractivity contribution in [2.45, 2.75) is 0 Å². The molecule has 5 nitrogen and oxygen atoms in total. The number of nitrogens with zero attached hydrogens (tertiary/aromatic N) is 5. The molecule has 0 aliphatic carbocycles. The van der Waals surface area contributed by atoms with E-state index in [-0.39, 0.29) is 0 Å². The molecule has 0 unspecified atom stereocenters. The van der Waals surface area contributed by atoms with Crippen LogP contribution >= 0.6 is 0 Å². The molecule has 10 aromatic rings. The zero-order valence-corrected chi connectivity index (χ0v) is 26.8. The van der Waals surface area contributed by atoms with Gasteiger partial charge < -0.3 is 0 Å². The summed E-state index contributed by atoms with van der Waals surface area (Å²) in [6.07, 6.45) is 7.40. The summed E-state index contributed by atoms with van der Waals surface area (Å²) in [4.78, 5) is 23.7. The highest BCUT2D eigenvalue weighted by Crippen LogP contribution is 2.35. The Bertz CT molecular complexity index is 2930. The Hall–Kier alpha value is -6.85. The van der Waals surface area contributed by atoms with Crippen molar-refractivity contribution in [3.05, 3.63) is 164 Å². The van der Waals surface area contributed by atoms with Crippen LogP contribution in [0.25, 0.3) is 99.2 Å². The van der Waals surface area contributed by atoms with Crippen LogP contribution in [0.4, 0.5) is 0 Å². The molecule has 0 saturated carbocycles. The Balaban J connectivity index is 0.946. The predicted octanol–water partition coefficient (Wildman–Crippen LogP) is 11.1. The molecule has 0 aliphatic heterocycles. The van der Waals surface area contributed by atoms with Crippen molar-refractivity contribution >= 4 is 54.4 Å². The van der Waals surface area contributed by atoms with Crippen molar-refractivity contribution in [3.63, 3.8) is 0 Å². The first-order valence-corrected chi connectivity index (χ1v) is 16.6.